The first kappa shape index (κ1) is 25.2. The molecule has 9 nitrogen and oxygen atoms in total. The van der Waals surface area contributed by atoms with Crippen molar-refractivity contribution < 1.29 is 13.9 Å². The Morgan fingerprint density at radius 1 is 0.878 bits per heavy atom. The van der Waals surface area contributed by atoms with Crippen molar-refractivity contribution in [2.45, 2.75) is 38.3 Å². The lowest BCUT2D eigenvalue weighted by Gasteiger charge is -2.27. The molecule has 0 amide bonds. The summed E-state index contributed by atoms with van der Waals surface area (Å²) in [6.07, 6.45) is 12.6. The number of aromatic amines is 2. The zero-order valence-corrected chi connectivity index (χ0v) is 21.9. The molecule has 41 heavy (non-hydrogen) atoms. The Hall–Kier alpha value is -4.77. The second kappa shape index (κ2) is 10.3. The summed E-state index contributed by atoms with van der Waals surface area (Å²) in [5, 5.41) is 21.3. The van der Waals surface area contributed by atoms with Gasteiger partial charge in [-0.2, -0.15) is 5.10 Å². The fourth-order valence-corrected chi connectivity index (χ4v) is 5.62. The highest BCUT2D eigenvalue weighted by atomic mass is 19.1. The Bertz CT molecular complexity index is 1860. The van der Waals surface area contributed by atoms with Crippen LogP contribution in [0.2, 0.25) is 0 Å². The van der Waals surface area contributed by atoms with E-state index < -0.39 is 12.0 Å². The molecular formula is C30H26F2N8O. The molecule has 11 heteroatoms. The summed E-state index contributed by atoms with van der Waals surface area (Å²) in [4.78, 5) is 20.8. The number of rotatable bonds is 6. The highest BCUT2D eigenvalue weighted by Gasteiger charge is 2.23. The molecule has 0 radical (unpaired) electrons. The average molecular weight is 553 g/mol. The van der Waals surface area contributed by atoms with Gasteiger partial charge in [-0.1, -0.05) is 31.4 Å². The van der Waals surface area contributed by atoms with Crippen LogP contribution in [0.5, 0.6) is 0 Å². The summed E-state index contributed by atoms with van der Waals surface area (Å²) in [6, 6.07) is 7.81. The van der Waals surface area contributed by atoms with E-state index in [1.807, 2.05) is 0 Å². The third kappa shape index (κ3) is 4.67. The Morgan fingerprint density at radius 3 is 2.51 bits per heavy atom. The number of fused-ring (bicyclic) bond motifs is 2. The zero-order valence-electron chi connectivity index (χ0n) is 21.9. The lowest BCUT2D eigenvalue weighted by Crippen LogP contribution is -2.30. The van der Waals surface area contributed by atoms with Gasteiger partial charge in [0.2, 0.25) is 0 Å². The van der Waals surface area contributed by atoms with Crippen molar-refractivity contribution in [3.63, 3.8) is 0 Å². The number of pyridine rings is 3. The first-order valence-electron chi connectivity index (χ1n) is 13.6. The van der Waals surface area contributed by atoms with Crippen LogP contribution in [0.1, 0.15) is 32.1 Å². The normalized spacial score (nSPS) is 15.0. The Balaban J connectivity index is 1.25. The minimum absolute atomic E-state index is 0.105. The van der Waals surface area contributed by atoms with Gasteiger partial charge in [0.25, 0.3) is 0 Å². The van der Waals surface area contributed by atoms with E-state index in [1.165, 1.54) is 30.9 Å². The van der Waals surface area contributed by atoms with Crippen molar-refractivity contribution >= 4 is 27.6 Å². The maximum absolute atomic E-state index is 16.1. The van der Waals surface area contributed by atoms with Crippen molar-refractivity contribution in [2.24, 2.45) is 5.92 Å². The molecule has 0 aliphatic heterocycles. The Labute approximate surface area is 233 Å². The lowest BCUT2D eigenvalue weighted by atomic mass is 9.88. The summed E-state index contributed by atoms with van der Waals surface area (Å²) in [6.45, 7) is 0. The molecule has 1 aromatic carbocycles. The average Bonchev–Trinajstić information content (AvgIpc) is 3.63. The van der Waals surface area contributed by atoms with E-state index in [0.717, 1.165) is 31.2 Å². The minimum atomic E-state index is -0.699. The van der Waals surface area contributed by atoms with Gasteiger partial charge in [0.1, 0.15) is 23.4 Å². The highest BCUT2D eigenvalue weighted by molar-refractivity contribution is 5.97. The maximum atomic E-state index is 16.1. The van der Waals surface area contributed by atoms with Gasteiger partial charge >= 0.3 is 0 Å². The molecule has 1 saturated carbocycles. The largest absolute Gasteiger partial charge is 0.374 e. The van der Waals surface area contributed by atoms with Crippen LogP contribution in [0.4, 0.5) is 14.5 Å². The molecule has 0 spiro atoms. The van der Waals surface area contributed by atoms with Crippen molar-refractivity contribution in [3.8, 4) is 33.9 Å². The summed E-state index contributed by atoms with van der Waals surface area (Å²) < 4.78 is 29.6. The van der Waals surface area contributed by atoms with Gasteiger partial charge in [0, 0.05) is 29.4 Å². The zero-order chi connectivity index (χ0) is 27.9. The van der Waals surface area contributed by atoms with Crippen LogP contribution in [0, 0.1) is 17.6 Å². The first-order chi connectivity index (χ1) is 20.0. The van der Waals surface area contributed by atoms with Crippen LogP contribution >= 0.6 is 0 Å². The van der Waals surface area contributed by atoms with Gasteiger partial charge in [0.15, 0.2) is 11.6 Å². The van der Waals surface area contributed by atoms with Gasteiger partial charge in [-0.3, -0.25) is 20.1 Å². The van der Waals surface area contributed by atoms with E-state index in [2.05, 4.69) is 35.5 Å². The predicted octanol–water partition coefficient (Wildman–Crippen LogP) is 6.21. The van der Waals surface area contributed by atoms with E-state index in [9.17, 15) is 9.50 Å². The van der Waals surface area contributed by atoms with E-state index in [-0.39, 0.29) is 28.5 Å². The van der Waals surface area contributed by atoms with Gasteiger partial charge < -0.3 is 15.4 Å². The number of benzene rings is 1. The molecule has 206 valence electrons. The van der Waals surface area contributed by atoms with Crippen LogP contribution in [-0.4, -0.2) is 46.5 Å². The van der Waals surface area contributed by atoms with Gasteiger partial charge in [0.05, 0.1) is 46.2 Å². The lowest BCUT2D eigenvalue weighted by molar-refractivity contribution is 0.109. The number of hydrogen-bond acceptors (Lipinski definition) is 7. The summed E-state index contributed by atoms with van der Waals surface area (Å²) in [5.74, 6) is -0.385. The quantitative estimate of drug-likeness (QED) is 0.181. The molecule has 4 N–H and O–H groups in total. The number of halogens is 2. The van der Waals surface area contributed by atoms with Crippen LogP contribution < -0.4 is 5.32 Å². The summed E-state index contributed by atoms with van der Waals surface area (Å²) in [7, 11) is 0. The Kier molecular flexibility index (Phi) is 6.35. The fraction of sp³-hybridized carbons (Fsp3) is 0.233. The van der Waals surface area contributed by atoms with Crippen LogP contribution in [0.15, 0.2) is 61.3 Å². The molecular weight excluding hydrogens is 526 g/mol. The van der Waals surface area contributed by atoms with Gasteiger partial charge in [-0.15, -0.1) is 0 Å². The minimum Gasteiger partial charge on any atom is -0.374 e. The summed E-state index contributed by atoms with van der Waals surface area (Å²) >= 11 is 0. The molecule has 5 aromatic heterocycles. The molecule has 6 aromatic rings. The highest BCUT2D eigenvalue weighted by Crippen LogP contribution is 2.35. The second-order valence-electron chi connectivity index (χ2n) is 10.4. The number of aliphatic hydroxyl groups is 1. The fourth-order valence-electron chi connectivity index (χ4n) is 5.62. The second-order valence-corrected chi connectivity index (χ2v) is 10.4. The standard InChI is InChI=1S/C30H26F2N8O/c31-19-8-6-16(7-9-19)21-13-34-14-23-27(21)38-29(37-23)28-24-22(39-40-28)15-35-26(25(24)32)18-10-20(12-33-11-18)36-30(41)17-4-2-1-3-5-17/h6-15,17,30,36,41H,1-5H2,(H,37,38)(H,39,40). The molecule has 0 saturated heterocycles. The molecule has 5 heterocycles. The third-order valence-corrected chi connectivity index (χ3v) is 7.74. The summed E-state index contributed by atoms with van der Waals surface area (Å²) in [5.41, 5.74) is 4.55. The van der Waals surface area contributed by atoms with Gasteiger partial charge in [-0.05, 0) is 36.6 Å². The monoisotopic (exact) mass is 552 g/mol. The van der Waals surface area contributed by atoms with E-state index in [0.29, 0.717) is 39.2 Å². The molecule has 1 atom stereocenters. The number of aliphatic hydroxyl groups excluding tert-OH is 1. The number of hydrogen-bond donors (Lipinski definition) is 4. The van der Waals surface area contributed by atoms with Crippen LogP contribution in [0.25, 0.3) is 55.8 Å². The van der Waals surface area contributed by atoms with Crippen molar-refractivity contribution in [1.29, 1.82) is 0 Å². The van der Waals surface area contributed by atoms with E-state index in [1.54, 1.807) is 36.8 Å². The number of H-pyrrole nitrogens is 2. The number of aromatic nitrogens is 7. The third-order valence-electron chi connectivity index (χ3n) is 7.74. The van der Waals surface area contributed by atoms with Crippen LogP contribution in [0.3, 0.4) is 0 Å². The van der Waals surface area contributed by atoms with E-state index >= 15 is 4.39 Å². The molecule has 7 rings (SSSR count). The van der Waals surface area contributed by atoms with Crippen LogP contribution in [-0.2, 0) is 0 Å². The SMILES string of the molecule is OC(Nc1cncc(-c2ncc3[nH]nc(-c4nc5c(-c6ccc(F)cc6)cncc5[nH]4)c3c2F)c1)C1CCCCC1. The molecule has 1 unspecified atom stereocenters. The first-order valence-corrected chi connectivity index (χ1v) is 13.6. The number of nitrogens with one attached hydrogen (secondary N) is 3. The maximum Gasteiger partial charge on any atom is 0.161 e. The predicted molar refractivity (Wildman–Crippen MR) is 152 cm³/mol. The molecule has 0 bridgehead atoms. The van der Waals surface area contributed by atoms with Crippen molar-refractivity contribution in [2.75, 3.05) is 5.32 Å². The number of imidazole rings is 1. The Morgan fingerprint density at radius 2 is 1.68 bits per heavy atom. The molecule has 1 aliphatic carbocycles. The van der Waals surface area contributed by atoms with E-state index in [4.69, 9.17) is 4.98 Å². The molecule has 1 fully saturated rings. The number of nitrogens with zero attached hydrogens (tertiary/aromatic N) is 5. The number of anilines is 1. The molecule has 1 aliphatic rings. The van der Waals surface area contributed by atoms with Gasteiger partial charge in [-0.25, -0.2) is 13.8 Å². The smallest absolute Gasteiger partial charge is 0.161 e. The van der Waals surface area contributed by atoms with Crippen molar-refractivity contribution in [3.05, 3.63) is 73.0 Å². The van der Waals surface area contributed by atoms with Crippen molar-refractivity contribution in [1.82, 2.24) is 35.1 Å². The topological polar surface area (TPSA) is 128 Å².